The van der Waals surface area contributed by atoms with E-state index in [9.17, 15) is 4.79 Å². The summed E-state index contributed by atoms with van der Waals surface area (Å²) in [5, 5.41) is 14.9. The van der Waals surface area contributed by atoms with E-state index in [-0.39, 0.29) is 19.1 Å². The summed E-state index contributed by atoms with van der Waals surface area (Å²) in [5.74, 6) is 1.26. The van der Waals surface area contributed by atoms with E-state index in [4.69, 9.17) is 9.84 Å². The standard InChI is InChI=1S/C23H25N3O3/c1-16-5-3-8-20(22(16)23(28)25-11-12-27)26-21-15-18(9-10-24-21)13-17-6-4-7-19(14-17)29-2/h3-10,14-15,27H,11-13H2,1-2H3,(H,24,26)(H,25,28). The number of rotatable bonds is 8. The van der Waals surface area contributed by atoms with Crippen LogP contribution in [0.3, 0.4) is 0 Å². The van der Waals surface area contributed by atoms with Crippen molar-refractivity contribution < 1.29 is 14.6 Å². The number of hydrogen-bond acceptors (Lipinski definition) is 5. The van der Waals surface area contributed by atoms with Crippen LogP contribution in [-0.4, -0.2) is 36.3 Å². The van der Waals surface area contributed by atoms with Gasteiger partial charge in [-0.1, -0.05) is 24.3 Å². The van der Waals surface area contributed by atoms with Crippen molar-refractivity contribution in [3.05, 3.63) is 83.0 Å². The maximum Gasteiger partial charge on any atom is 0.253 e. The molecule has 1 amide bonds. The largest absolute Gasteiger partial charge is 0.497 e. The lowest BCUT2D eigenvalue weighted by atomic mass is 10.0. The van der Waals surface area contributed by atoms with Gasteiger partial charge in [-0.05, 0) is 60.4 Å². The van der Waals surface area contributed by atoms with E-state index in [2.05, 4.69) is 21.7 Å². The number of benzene rings is 2. The molecule has 0 fully saturated rings. The minimum Gasteiger partial charge on any atom is -0.497 e. The fraction of sp³-hybridized carbons (Fsp3) is 0.217. The molecule has 0 atom stereocenters. The molecular formula is C23H25N3O3. The Morgan fingerprint density at radius 1 is 1.10 bits per heavy atom. The van der Waals surface area contributed by atoms with Gasteiger partial charge in [0, 0.05) is 12.7 Å². The van der Waals surface area contributed by atoms with Crippen molar-refractivity contribution in [3.63, 3.8) is 0 Å². The van der Waals surface area contributed by atoms with Gasteiger partial charge in [0.1, 0.15) is 11.6 Å². The lowest BCUT2D eigenvalue weighted by Gasteiger charge is -2.14. The van der Waals surface area contributed by atoms with Crippen molar-refractivity contribution in [2.24, 2.45) is 0 Å². The molecule has 2 aromatic carbocycles. The Morgan fingerprint density at radius 2 is 1.90 bits per heavy atom. The molecule has 1 aromatic heterocycles. The number of aliphatic hydroxyl groups excluding tert-OH is 1. The van der Waals surface area contributed by atoms with Gasteiger partial charge >= 0.3 is 0 Å². The van der Waals surface area contributed by atoms with Gasteiger partial charge in [0.25, 0.3) is 5.91 Å². The third kappa shape index (κ3) is 5.33. The molecule has 0 aliphatic heterocycles. The highest BCUT2D eigenvalue weighted by molar-refractivity contribution is 6.01. The van der Waals surface area contributed by atoms with Crippen LogP contribution in [0.2, 0.25) is 0 Å². The second-order valence-corrected chi connectivity index (χ2v) is 6.68. The third-order valence-electron chi connectivity index (χ3n) is 4.53. The van der Waals surface area contributed by atoms with Gasteiger partial charge in [0.05, 0.1) is 25.0 Å². The lowest BCUT2D eigenvalue weighted by Crippen LogP contribution is -2.27. The molecule has 0 unspecified atom stereocenters. The molecule has 0 aliphatic carbocycles. The van der Waals surface area contributed by atoms with Crippen LogP contribution in [0.5, 0.6) is 5.75 Å². The van der Waals surface area contributed by atoms with E-state index in [1.807, 2.05) is 55.5 Å². The minimum atomic E-state index is -0.229. The molecule has 0 radical (unpaired) electrons. The predicted octanol–water partition coefficient (Wildman–Crippen LogP) is 3.46. The number of aryl methyl sites for hydroxylation is 1. The van der Waals surface area contributed by atoms with Gasteiger partial charge in [-0.2, -0.15) is 0 Å². The number of carbonyl (C=O) groups is 1. The maximum absolute atomic E-state index is 12.5. The van der Waals surface area contributed by atoms with Crippen LogP contribution in [0.4, 0.5) is 11.5 Å². The number of anilines is 2. The van der Waals surface area contributed by atoms with E-state index in [0.29, 0.717) is 17.1 Å². The quantitative estimate of drug-likeness (QED) is 0.548. The molecule has 0 saturated carbocycles. The Hall–Kier alpha value is -3.38. The molecule has 0 saturated heterocycles. The van der Waals surface area contributed by atoms with Gasteiger partial charge in [-0.3, -0.25) is 4.79 Å². The number of carbonyl (C=O) groups excluding carboxylic acids is 1. The van der Waals surface area contributed by atoms with Crippen LogP contribution in [-0.2, 0) is 6.42 Å². The molecule has 6 heteroatoms. The average Bonchev–Trinajstić information content (AvgIpc) is 2.72. The fourth-order valence-corrected chi connectivity index (χ4v) is 3.14. The number of pyridine rings is 1. The highest BCUT2D eigenvalue weighted by atomic mass is 16.5. The number of methoxy groups -OCH3 is 1. The average molecular weight is 391 g/mol. The van der Waals surface area contributed by atoms with Crippen LogP contribution in [0, 0.1) is 6.92 Å². The predicted molar refractivity (Wildman–Crippen MR) is 114 cm³/mol. The van der Waals surface area contributed by atoms with E-state index < -0.39 is 0 Å². The van der Waals surface area contributed by atoms with Gasteiger partial charge in [0.15, 0.2) is 0 Å². The van der Waals surface area contributed by atoms with Gasteiger partial charge in [-0.25, -0.2) is 4.98 Å². The number of aliphatic hydroxyl groups is 1. The Kier molecular flexibility index (Phi) is 6.81. The third-order valence-corrected chi connectivity index (χ3v) is 4.53. The van der Waals surface area contributed by atoms with Crippen molar-refractivity contribution >= 4 is 17.4 Å². The first-order chi connectivity index (χ1) is 14.1. The molecule has 1 heterocycles. The summed E-state index contributed by atoms with van der Waals surface area (Å²) in [5.41, 5.74) is 4.29. The second kappa shape index (κ2) is 9.71. The van der Waals surface area contributed by atoms with Crippen LogP contribution in [0.15, 0.2) is 60.8 Å². The molecule has 0 spiro atoms. The molecule has 150 valence electrons. The first-order valence-electron chi connectivity index (χ1n) is 9.44. The minimum absolute atomic E-state index is 0.103. The number of aromatic nitrogens is 1. The molecule has 3 rings (SSSR count). The number of amides is 1. The molecule has 3 N–H and O–H groups in total. The summed E-state index contributed by atoms with van der Waals surface area (Å²) in [7, 11) is 1.66. The van der Waals surface area contributed by atoms with Crippen molar-refractivity contribution in [2.75, 3.05) is 25.6 Å². The number of hydrogen-bond donors (Lipinski definition) is 3. The summed E-state index contributed by atoms with van der Waals surface area (Å²) >= 11 is 0. The van der Waals surface area contributed by atoms with Gasteiger partial charge in [-0.15, -0.1) is 0 Å². The molecule has 0 bridgehead atoms. The number of nitrogens with one attached hydrogen (secondary N) is 2. The van der Waals surface area contributed by atoms with Crippen molar-refractivity contribution in [2.45, 2.75) is 13.3 Å². The number of nitrogens with zero attached hydrogens (tertiary/aromatic N) is 1. The second-order valence-electron chi connectivity index (χ2n) is 6.68. The van der Waals surface area contributed by atoms with Crippen LogP contribution in [0.25, 0.3) is 0 Å². The highest BCUT2D eigenvalue weighted by Gasteiger charge is 2.14. The summed E-state index contributed by atoms with van der Waals surface area (Å²) < 4.78 is 5.29. The smallest absolute Gasteiger partial charge is 0.253 e. The SMILES string of the molecule is COc1cccc(Cc2ccnc(Nc3cccc(C)c3C(=O)NCCO)c2)c1. The van der Waals surface area contributed by atoms with E-state index in [0.717, 1.165) is 28.9 Å². The zero-order valence-corrected chi connectivity index (χ0v) is 16.6. The first kappa shape index (κ1) is 20.4. The lowest BCUT2D eigenvalue weighted by molar-refractivity contribution is 0.0945. The van der Waals surface area contributed by atoms with E-state index in [1.54, 1.807) is 13.3 Å². The summed E-state index contributed by atoms with van der Waals surface area (Å²) in [6.45, 7) is 1.99. The van der Waals surface area contributed by atoms with Crippen molar-refractivity contribution in [1.82, 2.24) is 10.3 Å². The van der Waals surface area contributed by atoms with Gasteiger partial charge in [0.2, 0.25) is 0 Å². The highest BCUT2D eigenvalue weighted by Crippen LogP contribution is 2.24. The zero-order valence-electron chi connectivity index (χ0n) is 16.6. The van der Waals surface area contributed by atoms with Crippen LogP contribution < -0.4 is 15.4 Å². The molecule has 3 aromatic rings. The van der Waals surface area contributed by atoms with Crippen molar-refractivity contribution in [3.8, 4) is 5.75 Å². The Bertz CT molecular complexity index is 989. The van der Waals surface area contributed by atoms with Crippen LogP contribution in [0.1, 0.15) is 27.0 Å². The normalized spacial score (nSPS) is 10.4. The Balaban J connectivity index is 1.82. The molecule has 29 heavy (non-hydrogen) atoms. The zero-order chi connectivity index (χ0) is 20.6. The van der Waals surface area contributed by atoms with Crippen LogP contribution >= 0.6 is 0 Å². The Morgan fingerprint density at radius 3 is 2.69 bits per heavy atom. The summed E-state index contributed by atoms with van der Waals surface area (Å²) in [4.78, 5) is 16.9. The topological polar surface area (TPSA) is 83.5 Å². The van der Waals surface area contributed by atoms with E-state index >= 15 is 0 Å². The van der Waals surface area contributed by atoms with Gasteiger partial charge < -0.3 is 20.5 Å². The number of ether oxygens (including phenoxy) is 1. The van der Waals surface area contributed by atoms with Crippen molar-refractivity contribution in [1.29, 1.82) is 0 Å². The monoisotopic (exact) mass is 391 g/mol. The van der Waals surface area contributed by atoms with E-state index in [1.165, 1.54) is 0 Å². The molecule has 6 nitrogen and oxygen atoms in total. The first-order valence-corrected chi connectivity index (χ1v) is 9.44. The summed E-state index contributed by atoms with van der Waals surface area (Å²) in [6.07, 6.45) is 2.49. The molecular weight excluding hydrogens is 366 g/mol. The Labute approximate surface area is 170 Å². The summed E-state index contributed by atoms with van der Waals surface area (Å²) in [6, 6.07) is 17.5. The maximum atomic E-state index is 12.5. The fourth-order valence-electron chi connectivity index (χ4n) is 3.14. The molecule has 0 aliphatic rings.